The number of hydrogen-bond acceptors (Lipinski definition) is 4. The fraction of sp³-hybridized carbons (Fsp3) is 0.200. The first-order valence-corrected chi connectivity index (χ1v) is 10.2. The van der Waals surface area contributed by atoms with Crippen molar-refractivity contribution in [3.63, 3.8) is 0 Å². The molecule has 6 heteroatoms. The standard InChI is InChI=1S/C25H26N4O2/c1-15-11-18(29-25(30)23(26)14-17-5-4-6-19(13-17)31-3)7-8-20(15)21-9-10-27-24-22(21)12-16(2)28-24/h4-13,23H,14,26H2,1-3H3,(H,27,28)(H,29,30)/t23-/m1/s1. The first-order valence-electron chi connectivity index (χ1n) is 10.2. The number of nitrogens with zero attached hydrogens (tertiary/aromatic N) is 1. The Morgan fingerprint density at radius 1 is 1.13 bits per heavy atom. The first-order chi connectivity index (χ1) is 14.9. The maximum atomic E-state index is 12.6. The molecule has 0 unspecified atom stereocenters. The van der Waals surface area contributed by atoms with Crippen LogP contribution < -0.4 is 15.8 Å². The van der Waals surface area contributed by atoms with Gasteiger partial charge < -0.3 is 20.8 Å². The Kier molecular flexibility index (Phi) is 5.73. The quantitative estimate of drug-likeness (QED) is 0.437. The van der Waals surface area contributed by atoms with E-state index in [2.05, 4.69) is 21.4 Å². The van der Waals surface area contributed by atoms with Crippen molar-refractivity contribution in [1.29, 1.82) is 0 Å². The lowest BCUT2D eigenvalue weighted by atomic mass is 9.98. The van der Waals surface area contributed by atoms with Gasteiger partial charge in [-0.25, -0.2) is 4.98 Å². The molecule has 0 saturated carbocycles. The van der Waals surface area contributed by atoms with Crippen LogP contribution in [0.2, 0.25) is 0 Å². The number of carbonyl (C=O) groups excluding carboxylic acids is 1. The van der Waals surface area contributed by atoms with Gasteiger partial charge in [-0.15, -0.1) is 0 Å². The number of methoxy groups -OCH3 is 1. The predicted octanol–water partition coefficient (Wildman–Crippen LogP) is 4.36. The average molecular weight is 415 g/mol. The SMILES string of the molecule is COc1cccc(C[C@@H](N)C(=O)Nc2ccc(-c3ccnc4[nH]c(C)cc34)c(C)c2)c1. The molecule has 2 aromatic carbocycles. The van der Waals surface area contributed by atoms with E-state index in [1.165, 1.54) is 0 Å². The van der Waals surface area contributed by atoms with E-state index >= 15 is 0 Å². The van der Waals surface area contributed by atoms with Gasteiger partial charge in [-0.2, -0.15) is 0 Å². The Labute approximate surface area is 181 Å². The second-order valence-electron chi connectivity index (χ2n) is 7.75. The minimum absolute atomic E-state index is 0.220. The third-order valence-electron chi connectivity index (χ3n) is 5.38. The number of hydrogen-bond donors (Lipinski definition) is 3. The molecule has 0 bridgehead atoms. The number of nitrogens with two attached hydrogens (primary N) is 1. The molecule has 0 spiro atoms. The second kappa shape index (κ2) is 8.62. The van der Waals surface area contributed by atoms with E-state index in [1.54, 1.807) is 13.3 Å². The van der Waals surface area contributed by atoms with Crippen LogP contribution in [0.1, 0.15) is 16.8 Å². The molecule has 158 valence electrons. The van der Waals surface area contributed by atoms with Gasteiger partial charge >= 0.3 is 0 Å². The van der Waals surface area contributed by atoms with E-state index in [-0.39, 0.29) is 5.91 Å². The van der Waals surface area contributed by atoms with Gasteiger partial charge in [0.05, 0.1) is 13.2 Å². The molecular weight excluding hydrogens is 388 g/mol. The Bertz CT molecular complexity index is 1250. The summed E-state index contributed by atoms with van der Waals surface area (Å²) in [5.41, 5.74) is 13.0. The molecule has 0 fully saturated rings. The van der Waals surface area contributed by atoms with Gasteiger partial charge in [0.2, 0.25) is 5.91 Å². The van der Waals surface area contributed by atoms with E-state index < -0.39 is 6.04 Å². The van der Waals surface area contributed by atoms with Crippen LogP contribution in [0, 0.1) is 13.8 Å². The van der Waals surface area contributed by atoms with Crippen molar-refractivity contribution in [1.82, 2.24) is 9.97 Å². The van der Waals surface area contributed by atoms with Crippen molar-refractivity contribution in [3.8, 4) is 16.9 Å². The number of aromatic nitrogens is 2. The molecule has 31 heavy (non-hydrogen) atoms. The highest BCUT2D eigenvalue weighted by atomic mass is 16.5. The van der Waals surface area contributed by atoms with Crippen molar-refractivity contribution >= 4 is 22.6 Å². The van der Waals surface area contributed by atoms with Gasteiger partial charge in [-0.1, -0.05) is 18.2 Å². The summed E-state index contributed by atoms with van der Waals surface area (Å²) < 4.78 is 5.23. The summed E-state index contributed by atoms with van der Waals surface area (Å²) in [5, 5.41) is 4.02. The van der Waals surface area contributed by atoms with Crippen molar-refractivity contribution in [2.24, 2.45) is 5.73 Å². The number of carbonyl (C=O) groups is 1. The highest BCUT2D eigenvalue weighted by Gasteiger charge is 2.16. The lowest BCUT2D eigenvalue weighted by molar-refractivity contribution is -0.117. The molecular formula is C25H26N4O2. The van der Waals surface area contributed by atoms with Gasteiger partial charge in [0.25, 0.3) is 0 Å². The third kappa shape index (κ3) is 4.44. The lowest BCUT2D eigenvalue weighted by Crippen LogP contribution is -2.37. The molecule has 6 nitrogen and oxygen atoms in total. The summed E-state index contributed by atoms with van der Waals surface area (Å²) in [6, 6.07) is 16.9. The Balaban J connectivity index is 1.50. The van der Waals surface area contributed by atoms with Gasteiger partial charge in [0, 0.05) is 23.0 Å². The molecule has 0 aliphatic heterocycles. The molecule has 4 rings (SSSR count). The number of H-pyrrole nitrogens is 1. The Hall–Kier alpha value is -3.64. The maximum absolute atomic E-state index is 12.6. The van der Waals surface area contributed by atoms with E-state index in [0.717, 1.165) is 50.4 Å². The molecule has 0 saturated heterocycles. The third-order valence-corrected chi connectivity index (χ3v) is 5.38. The maximum Gasteiger partial charge on any atom is 0.241 e. The lowest BCUT2D eigenvalue weighted by Gasteiger charge is -2.15. The number of ether oxygens (including phenoxy) is 1. The summed E-state index contributed by atoms with van der Waals surface area (Å²) in [6.45, 7) is 4.05. The van der Waals surface area contributed by atoms with E-state index in [0.29, 0.717) is 6.42 Å². The number of pyridine rings is 1. The molecule has 2 aromatic heterocycles. The van der Waals surface area contributed by atoms with Gasteiger partial charge in [-0.3, -0.25) is 4.79 Å². The van der Waals surface area contributed by atoms with Crippen LogP contribution in [0.25, 0.3) is 22.2 Å². The van der Waals surface area contributed by atoms with Crippen molar-refractivity contribution in [2.45, 2.75) is 26.3 Å². The van der Waals surface area contributed by atoms with Crippen molar-refractivity contribution in [3.05, 3.63) is 77.6 Å². The number of benzene rings is 2. The molecule has 4 aromatic rings. The number of aryl methyl sites for hydroxylation is 2. The molecule has 1 amide bonds. The number of nitrogens with one attached hydrogen (secondary N) is 2. The summed E-state index contributed by atoms with van der Waals surface area (Å²) in [4.78, 5) is 20.3. The molecule has 2 heterocycles. The summed E-state index contributed by atoms with van der Waals surface area (Å²) >= 11 is 0. The Morgan fingerprint density at radius 2 is 1.97 bits per heavy atom. The first kappa shape index (κ1) is 20.6. The number of anilines is 1. The molecule has 0 aliphatic carbocycles. The van der Waals surface area contributed by atoms with Gasteiger partial charge in [0.15, 0.2) is 0 Å². The number of amides is 1. The molecule has 0 aliphatic rings. The molecule has 4 N–H and O–H groups in total. The minimum Gasteiger partial charge on any atom is -0.497 e. The zero-order valence-electron chi connectivity index (χ0n) is 17.9. The van der Waals surface area contributed by atoms with Crippen LogP contribution in [-0.4, -0.2) is 29.0 Å². The van der Waals surface area contributed by atoms with Crippen molar-refractivity contribution < 1.29 is 9.53 Å². The summed E-state index contributed by atoms with van der Waals surface area (Å²) in [6.07, 6.45) is 2.24. The topological polar surface area (TPSA) is 93.0 Å². The van der Waals surface area contributed by atoms with E-state index in [9.17, 15) is 4.79 Å². The number of rotatable bonds is 6. The van der Waals surface area contributed by atoms with Gasteiger partial charge in [-0.05, 0) is 78.9 Å². The summed E-state index contributed by atoms with van der Waals surface area (Å²) in [7, 11) is 1.62. The Morgan fingerprint density at radius 3 is 2.74 bits per heavy atom. The van der Waals surface area contributed by atoms with Gasteiger partial charge in [0.1, 0.15) is 11.4 Å². The van der Waals surface area contributed by atoms with Crippen LogP contribution in [0.15, 0.2) is 60.8 Å². The van der Waals surface area contributed by atoms with Crippen LogP contribution in [0.3, 0.4) is 0 Å². The number of aromatic amines is 1. The monoisotopic (exact) mass is 414 g/mol. The highest BCUT2D eigenvalue weighted by molar-refractivity contribution is 5.97. The highest BCUT2D eigenvalue weighted by Crippen LogP contribution is 2.31. The zero-order chi connectivity index (χ0) is 22.0. The van der Waals surface area contributed by atoms with Crippen LogP contribution in [0.4, 0.5) is 5.69 Å². The fourth-order valence-electron chi connectivity index (χ4n) is 3.82. The summed E-state index contributed by atoms with van der Waals surface area (Å²) in [5.74, 6) is 0.529. The molecule has 1 atom stereocenters. The van der Waals surface area contributed by atoms with Crippen LogP contribution in [-0.2, 0) is 11.2 Å². The van der Waals surface area contributed by atoms with E-state index in [1.807, 2.05) is 62.4 Å². The minimum atomic E-state index is -0.658. The predicted molar refractivity (Wildman–Crippen MR) is 124 cm³/mol. The second-order valence-corrected chi connectivity index (χ2v) is 7.75. The smallest absolute Gasteiger partial charge is 0.241 e. The number of fused-ring (bicyclic) bond motifs is 1. The van der Waals surface area contributed by atoms with E-state index in [4.69, 9.17) is 10.5 Å². The normalized spacial score (nSPS) is 12.0. The van der Waals surface area contributed by atoms with Crippen LogP contribution >= 0.6 is 0 Å². The van der Waals surface area contributed by atoms with Crippen molar-refractivity contribution in [2.75, 3.05) is 12.4 Å². The largest absolute Gasteiger partial charge is 0.497 e. The fourth-order valence-corrected chi connectivity index (χ4v) is 3.82. The molecule has 0 radical (unpaired) electrons. The average Bonchev–Trinajstić information content (AvgIpc) is 3.14. The van der Waals surface area contributed by atoms with Crippen LogP contribution in [0.5, 0.6) is 5.75 Å². The zero-order valence-corrected chi connectivity index (χ0v) is 17.9.